The topological polar surface area (TPSA) is 138 Å². The number of benzene rings is 1. The molecule has 1 aromatic carbocycles. The molecule has 1 aromatic heterocycles. The molecule has 0 atom stereocenters. The average molecular weight is 349 g/mol. The second kappa shape index (κ2) is 7.96. The van der Waals surface area contributed by atoms with E-state index in [0.29, 0.717) is 5.69 Å². The van der Waals surface area contributed by atoms with Crippen molar-refractivity contribution < 1.29 is 73.7 Å². The Morgan fingerprint density at radius 3 is 2.32 bits per heavy atom. The van der Waals surface area contributed by atoms with Gasteiger partial charge in [-0.2, -0.15) is 5.10 Å². The molecule has 1 N–H and O–H groups in total. The molecule has 0 unspecified atom stereocenters. The molecule has 110 valence electrons. The Bertz CT molecular complexity index is 784. The van der Waals surface area contributed by atoms with Gasteiger partial charge in [0, 0.05) is 0 Å². The summed E-state index contributed by atoms with van der Waals surface area (Å²) in [6, 6.07) is 7.54. The Balaban J connectivity index is 0.00000242. The summed E-state index contributed by atoms with van der Waals surface area (Å²) in [6.45, 7) is 0. The van der Waals surface area contributed by atoms with Crippen LogP contribution in [0.1, 0.15) is 5.76 Å². The van der Waals surface area contributed by atoms with E-state index in [4.69, 9.17) is 4.42 Å². The van der Waals surface area contributed by atoms with Crippen molar-refractivity contribution in [3.63, 3.8) is 0 Å². The van der Waals surface area contributed by atoms with Crippen molar-refractivity contribution in [3.05, 3.63) is 52.3 Å². The molecule has 0 saturated heterocycles. The molecule has 0 aliphatic rings. The van der Waals surface area contributed by atoms with E-state index in [0.717, 1.165) is 12.1 Å². The van der Waals surface area contributed by atoms with Crippen molar-refractivity contribution in [1.29, 1.82) is 0 Å². The summed E-state index contributed by atoms with van der Waals surface area (Å²) < 4.78 is 37.0. The van der Waals surface area contributed by atoms with Gasteiger partial charge in [0.05, 0.1) is 22.9 Å². The van der Waals surface area contributed by atoms with Crippen molar-refractivity contribution in [2.75, 3.05) is 5.43 Å². The van der Waals surface area contributed by atoms with E-state index < -0.39 is 20.9 Å². The minimum atomic E-state index is -4.48. The second-order valence-electron chi connectivity index (χ2n) is 3.78. The van der Waals surface area contributed by atoms with Crippen LogP contribution in [0.3, 0.4) is 0 Å². The first kappa shape index (κ1) is 19.0. The molecular weight excluding hydrogens is 341 g/mol. The van der Waals surface area contributed by atoms with Gasteiger partial charge in [0.1, 0.15) is 15.0 Å². The first-order valence-electron chi connectivity index (χ1n) is 5.45. The van der Waals surface area contributed by atoms with Crippen LogP contribution in [0.5, 0.6) is 0 Å². The number of anilines is 1. The number of hydrazone groups is 1. The largest absolute Gasteiger partial charge is 1.00 e. The summed E-state index contributed by atoms with van der Waals surface area (Å²) >= 11 is 0. The van der Waals surface area contributed by atoms with Gasteiger partial charge >= 0.3 is 57.3 Å². The molecule has 2 aromatic rings. The van der Waals surface area contributed by atoms with E-state index in [2.05, 4.69) is 10.5 Å². The Morgan fingerprint density at radius 1 is 1.18 bits per heavy atom. The standard InChI is InChI=1S/C11H9N3O6S.K/c15-14(16)11-6-3-9(20-11)7-12-13-8-1-4-10(5-2-8)21(17,18)19;/h1-7,13H,(H,17,18,19);/q;+1/p-1/b12-7+;. The minimum absolute atomic E-state index is 0. The van der Waals surface area contributed by atoms with E-state index in [1.165, 1.54) is 30.5 Å². The van der Waals surface area contributed by atoms with Crippen LogP contribution in [0.4, 0.5) is 11.6 Å². The van der Waals surface area contributed by atoms with Gasteiger partial charge in [0.15, 0.2) is 5.76 Å². The van der Waals surface area contributed by atoms with Crippen molar-refractivity contribution in [3.8, 4) is 0 Å². The van der Waals surface area contributed by atoms with Crippen LogP contribution < -0.4 is 56.8 Å². The van der Waals surface area contributed by atoms with Crippen LogP contribution in [0, 0.1) is 10.1 Å². The van der Waals surface area contributed by atoms with Crippen molar-refractivity contribution in [2.45, 2.75) is 4.90 Å². The maximum Gasteiger partial charge on any atom is 1.00 e. The molecule has 2 rings (SSSR count). The molecule has 0 radical (unpaired) electrons. The van der Waals surface area contributed by atoms with Crippen molar-refractivity contribution in [1.82, 2.24) is 0 Å². The fourth-order valence-electron chi connectivity index (χ4n) is 1.38. The average Bonchev–Trinajstić information content (AvgIpc) is 2.87. The number of rotatable bonds is 5. The Kier molecular flexibility index (Phi) is 6.86. The van der Waals surface area contributed by atoms with E-state index in [9.17, 15) is 23.1 Å². The van der Waals surface area contributed by atoms with E-state index in [1.807, 2.05) is 0 Å². The van der Waals surface area contributed by atoms with Gasteiger partial charge in [-0.25, -0.2) is 8.42 Å². The van der Waals surface area contributed by atoms with E-state index >= 15 is 0 Å². The number of hydrogen-bond donors (Lipinski definition) is 1. The zero-order valence-corrected chi connectivity index (χ0v) is 15.2. The van der Waals surface area contributed by atoms with Crippen LogP contribution in [-0.2, 0) is 10.1 Å². The molecule has 0 fully saturated rings. The van der Waals surface area contributed by atoms with Crippen LogP contribution in [0.25, 0.3) is 0 Å². The summed E-state index contributed by atoms with van der Waals surface area (Å²) in [5.74, 6) is -0.227. The molecule has 22 heavy (non-hydrogen) atoms. The number of hydrogen-bond acceptors (Lipinski definition) is 8. The maximum absolute atomic E-state index is 10.7. The van der Waals surface area contributed by atoms with Gasteiger partial charge in [0.25, 0.3) is 0 Å². The Hall–Kier alpha value is -1.08. The molecule has 11 heteroatoms. The molecule has 9 nitrogen and oxygen atoms in total. The van der Waals surface area contributed by atoms with Gasteiger partial charge in [-0.3, -0.25) is 15.5 Å². The monoisotopic (exact) mass is 349 g/mol. The zero-order chi connectivity index (χ0) is 15.5. The van der Waals surface area contributed by atoms with E-state index in [-0.39, 0.29) is 62.0 Å². The summed E-state index contributed by atoms with van der Waals surface area (Å²) in [5, 5.41) is 14.2. The predicted molar refractivity (Wildman–Crippen MR) is 71.0 cm³/mol. The summed E-state index contributed by atoms with van der Waals surface area (Å²) in [4.78, 5) is 9.38. The summed E-state index contributed by atoms with van der Waals surface area (Å²) in [5.41, 5.74) is 2.98. The predicted octanol–water partition coefficient (Wildman–Crippen LogP) is -1.46. The van der Waals surface area contributed by atoms with Crippen molar-refractivity contribution in [2.24, 2.45) is 5.10 Å². The zero-order valence-electron chi connectivity index (χ0n) is 11.3. The molecule has 1 heterocycles. The first-order valence-corrected chi connectivity index (χ1v) is 6.86. The SMILES string of the molecule is O=[N+]([O-])c1ccc(/C=N/Nc2ccc(S(=O)(=O)[O-])cc2)o1.[K+]. The van der Waals surface area contributed by atoms with Crippen LogP contribution in [-0.4, -0.2) is 24.1 Å². The van der Waals surface area contributed by atoms with E-state index in [1.54, 1.807) is 0 Å². The minimum Gasteiger partial charge on any atom is -0.744 e. The second-order valence-corrected chi connectivity index (χ2v) is 5.16. The molecule has 0 saturated carbocycles. The number of furan rings is 1. The molecule has 0 spiro atoms. The summed E-state index contributed by atoms with van der Waals surface area (Å²) in [7, 11) is -4.48. The third kappa shape index (κ3) is 5.28. The van der Waals surface area contributed by atoms with Gasteiger partial charge in [-0.05, 0) is 30.3 Å². The van der Waals surface area contributed by atoms with Crippen molar-refractivity contribution >= 4 is 27.9 Å². The number of nitrogens with zero attached hydrogens (tertiary/aromatic N) is 2. The number of nitro groups is 1. The third-order valence-corrected chi connectivity index (χ3v) is 3.17. The smallest absolute Gasteiger partial charge is 0.744 e. The first-order chi connectivity index (χ1) is 9.86. The third-order valence-electron chi connectivity index (χ3n) is 2.32. The van der Waals surface area contributed by atoms with Crippen LogP contribution in [0.15, 0.2) is 50.8 Å². The molecule has 0 aliphatic heterocycles. The molecular formula is C11H8KN3O6S. The number of nitrogens with one attached hydrogen (secondary N) is 1. The van der Waals surface area contributed by atoms with Crippen LogP contribution >= 0.6 is 0 Å². The van der Waals surface area contributed by atoms with Gasteiger partial charge in [-0.15, -0.1) is 0 Å². The molecule has 0 aliphatic carbocycles. The Labute approximate surface area is 167 Å². The fourth-order valence-corrected chi connectivity index (χ4v) is 1.85. The molecule has 0 bridgehead atoms. The normalized spacial score (nSPS) is 11.1. The van der Waals surface area contributed by atoms with Gasteiger partial charge < -0.3 is 8.97 Å². The fraction of sp³-hybridized carbons (Fsp3) is 0. The molecule has 0 amide bonds. The van der Waals surface area contributed by atoms with Gasteiger partial charge in [-0.1, -0.05) is 0 Å². The quantitative estimate of drug-likeness (QED) is 0.229. The van der Waals surface area contributed by atoms with Gasteiger partial charge in [0.2, 0.25) is 0 Å². The maximum atomic E-state index is 10.7. The Morgan fingerprint density at radius 2 is 1.82 bits per heavy atom. The summed E-state index contributed by atoms with van der Waals surface area (Å²) in [6.07, 6.45) is 1.21. The van der Waals surface area contributed by atoms with Crippen LogP contribution in [0.2, 0.25) is 0 Å².